The van der Waals surface area contributed by atoms with Gasteiger partial charge in [0.1, 0.15) is 15.4 Å². The number of H-pyrrole nitrogens is 1. The van der Waals surface area contributed by atoms with Crippen LogP contribution in [0.15, 0.2) is 24.3 Å². The largest absolute Gasteiger partial charge is 0.462 e. The average Bonchev–Trinajstić information content (AvgIpc) is 3.19. The molecule has 0 aliphatic rings. The molecule has 2 aromatic heterocycles. The number of nitrogens with one attached hydrogen (secondary N) is 1. The molecule has 0 radical (unpaired) electrons. The Hall–Kier alpha value is -2.93. The van der Waals surface area contributed by atoms with Gasteiger partial charge in [-0.25, -0.2) is 9.59 Å². The lowest BCUT2D eigenvalue weighted by Crippen LogP contribution is -2.12. The van der Waals surface area contributed by atoms with E-state index in [0.29, 0.717) is 26.2 Å². The van der Waals surface area contributed by atoms with Crippen molar-refractivity contribution >= 4 is 39.3 Å². The molecular weight excluding hydrogens is 378 g/mol. The van der Waals surface area contributed by atoms with E-state index in [2.05, 4.69) is 4.98 Å². The maximum absolute atomic E-state index is 13.3. The van der Waals surface area contributed by atoms with Crippen LogP contribution in [-0.4, -0.2) is 35.9 Å². The Kier molecular flexibility index (Phi) is 5.65. The molecule has 3 rings (SSSR count). The van der Waals surface area contributed by atoms with Crippen molar-refractivity contribution in [2.24, 2.45) is 0 Å². The molecule has 0 bridgehead atoms. The second kappa shape index (κ2) is 7.98. The zero-order chi connectivity index (χ0) is 20.4. The van der Waals surface area contributed by atoms with Crippen molar-refractivity contribution in [1.82, 2.24) is 4.98 Å². The van der Waals surface area contributed by atoms with E-state index in [1.807, 2.05) is 19.1 Å². The number of carbonyl (C=O) groups excluding carboxylic acids is 3. The van der Waals surface area contributed by atoms with E-state index in [1.54, 1.807) is 32.9 Å². The monoisotopic (exact) mass is 399 g/mol. The van der Waals surface area contributed by atoms with Crippen molar-refractivity contribution in [3.8, 4) is 0 Å². The van der Waals surface area contributed by atoms with Crippen LogP contribution in [0.25, 0.3) is 10.2 Å². The predicted octanol–water partition coefficient (Wildman–Crippen LogP) is 4.43. The van der Waals surface area contributed by atoms with Gasteiger partial charge < -0.3 is 14.5 Å². The van der Waals surface area contributed by atoms with Gasteiger partial charge in [0.15, 0.2) is 5.78 Å². The number of ether oxygens (including phenoxy) is 2. The maximum atomic E-state index is 13.3. The topological polar surface area (TPSA) is 85.5 Å². The Bertz CT molecular complexity index is 1060. The number of benzene rings is 1. The van der Waals surface area contributed by atoms with Crippen LogP contribution in [0.2, 0.25) is 0 Å². The number of esters is 2. The van der Waals surface area contributed by atoms with Crippen molar-refractivity contribution in [3.63, 3.8) is 0 Å². The first kappa shape index (κ1) is 19.8. The Balaban J connectivity index is 2.22. The molecule has 1 aromatic carbocycles. The summed E-state index contributed by atoms with van der Waals surface area (Å²) in [5.74, 6) is -1.34. The van der Waals surface area contributed by atoms with Crippen molar-refractivity contribution in [3.05, 3.63) is 57.1 Å². The quantitative estimate of drug-likeness (QED) is 0.489. The van der Waals surface area contributed by atoms with E-state index in [0.717, 1.165) is 5.56 Å². The number of aromatic amines is 1. The molecular formula is C21H21NO5S. The third kappa shape index (κ3) is 3.45. The summed E-state index contributed by atoms with van der Waals surface area (Å²) >= 11 is 1.17. The molecule has 0 unspecified atom stereocenters. The van der Waals surface area contributed by atoms with Crippen molar-refractivity contribution < 1.29 is 23.9 Å². The molecule has 1 N–H and O–H groups in total. The first-order valence-corrected chi connectivity index (χ1v) is 9.81. The van der Waals surface area contributed by atoms with Crippen LogP contribution in [0.5, 0.6) is 0 Å². The van der Waals surface area contributed by atoms with Gasteiger partial charge in [-0.2, -0.15) is 0 Å². The predicted molar refractivity (Wildman–Crippen MR) is 107 cm³/mol. The Morgan fingerprint density at radius 1 is 0.964 bits per heavy atom. The SMILES string of the molecule is CCOC(=O)c1[nH]c2sc(C(=O)OCC)c(C)c2c1C(=O)c1ccc(C)cc1. The second-order valence-electron chi connectivity index (χ2n) is 6.27. The molecule has 6 nitrogen and oxygen atoms in total. The first-order valence-electron chi connectivity index (χ1n) is 8.99. The highest BCUT2D eigenvalue weighted by atomic mass is 32.1. The molecule has 28 heavy (non-hydrogen) atoms. The minimum atomic E-state index is -0.599. The fourth-order valence-electron chi connectivity index (χ4n) is 3.03. The van der Waals surface area contributed by atoms with Crippen LogP contribution in [0.4, 0.5) is 0 Å². The molecule has 0 amide bonds. The van der Waals surface area contributed by atoms with Gasteiger partial charge in [-0.15, -0.1) is 11.3 Å². The molecule has 7 heteroatoms. The molecule has 0 fully saturated rings. The highest BCUT2D eigenvalue weighted by Gasteiger charge is 2.30. The molecule has 146 valence electrons. The van der Waals surface area contributed by atoms with Gasteiger partial charge in [-0.1, -0.05) is 29.8 Å². The Labute approximate surface area is 166 Å². The molecule has 3 aromatic rings. The summed E-state index contributed by atoms with van der Waals surface area (Å²) in [4.78, 5) is 41.9. The molecule has 0 aliphatic heterocycles. The van der Waals surface area contributed by atoms with Crippen molar-refractivity contribution in [2.75, 3.05) is 13.2 Å². The zero-order valence-electron chi connectivity index (χ0n) is 16.2. The lowest BCUT2D eigenvalue weighted by Gasteiger charge is -2.06. The lowest BCUT2D eigenvalue weighted by molar-refractivity contribution is 0.0514. The van der Waals surface area contributed by atoms with Gasteiger partial charge in [0.05, 0.1) is 18.8 Å². The molecule has 0 aliphatic carbocycles. The van der Waals surface area contributed by atoms with Crippen LogP contribution in [0.1, 0.15) is 61.1 Å². The summed E-state index contributed by atoms with van der Waals surface area (Å²) in [6, 6.07) is 7.12. The van der Waals surface area contributed by atoms with Crippen LogP contribution >= 0.6 is 11.3 Å². The number of fused-ring (bicyclic) bond motifs is 1. The fraction of sp³-hybridized carbons (Fsp3) is 0.286. The average molecular weight is 399 g/mol. The third-order valence-electron chi connectivity index (χ3n) is 4.37. The highest BCUT2D eigenvalue weighted by molar-refractivity contribution is 7.20. The maximum Gasteiger partial charge on any atom is 0.355 e. The Morgan fingerprint density at radius 3 is 2.18 bits per heavy atom. The second-order valence-corrected chi connectivity index (χ2v) is 7.29. The van der Waals surface area contributed by atoms with Gasteiger partial charge >= 0.3 is 11.9 Å². The van der Waals surface area contributed by atoms with E-state index in [9.17, 15) is 14.4 Å². The van der Waals surface area contributed by atoms with E-state index < -0.39 is 11.9 Å². The fourth-order valence-corrected chi connectivity index (χ4v) is 4.14. The van der Waals surface area contributed by atoms with Gasteiger partial charge in [0.2, 0.25) is 0 Å². The lowest BCUT2D eigenvalue weighted by atomic mass is 9.98. The Morgan fingerprint density at radius 2 is 1.57 bits per heavy atom. The summed E-state index contributed by atoms with van der Waals surface area (Å²) in [7, 11) is 0. The number of ketones is 1. The van der Waals surface area contributed by atoms with Gasteiger partial charge in [-0.3, -0.25) is 4.79 Å². The van der Waals surface area contributed by atoms with Crippen LogP contribution < -0.4 is 0 Å². The minimum absolute atomic E-state index is 0.104. The summed E-state index contributed by atoms with van der Waals surface area (Å²) in [5, 5.41) is 0.557. The smallest absolute Gasteiger partial charge is 0.355 e. The number of carbonyl (C=O) groups is 3. The molecule has 0 saturated carbocycles. The van der Waals surface area contributed by atoms with Crippen LogP contribution in [-0.2, 0) is 9.47 Å². The van der Waals surface area contributed by atoms with E-state index >= 15 is 0 Å². The van der Waals surface area contributed by atoms with Crippen LogP contribution in [0.3, 0.4) is 0 Å². The molecule has 0 spiro atoms. The number of hydrogen-bond acceptors (Lipinski definition) is 6. The first-order chi connectivity index (χ1) is 13.4. The minimum Gasteiger partial charge on any atom is -0.462 e. The number of thiophene rings is 1. The normalized spacial score (nSPS) is 10.9. The van der Waals surface area contributed by atoms with E-state index in [1.165, 1.54) is 11.3 Å². The number of aromatic nitrogens is 1. The van der Waals surface area contributed by atoms with Crippen molar-refractivity contribution in [2.45, 2.75) is 27.7 Å². The van der Waals surface area contributed by atoms with Gasteiger partial charge in [0, 0.05) is 10.9 Å². The van der Waals surface area contributed by atoms with Crippen LogP contribution in [0, 0.1) is 13.8 Å². The number of aryl methyl sites for hydroxylation is 2. The summed E-state index contributed by atoms with van der Waals surface area (Å²) in [6.07, 6.45) is 0. The highest BCUT2D eigenvalue weighted by Crippen LogP contribution is 2.36. The molecule has 2 heterocycles. The summed E-state index contributed by atoms with van der Waals surface area (Å²) in [6.45, 7) is 7.57. The van der Waals surface area contributed by atoms with E-state index in [-0.39, 0.29) is 30.3 Å². The van der Waals surface area contributed by atoms with E-state index in [4.69, 9.17) is 9.47 Å². The van der Waals surface area contributed by atoms with Crippen molar-refractivity contribution in [1.29, 1.82) is 0 Å². The molecule has 0 saturated heterocycles. The number of hydrogen-bond donors (Lipinski definition) is 1. The summed E-state index contributed by atoms with van der Waals surface area (Å²) in [5.41, 5.74) is 2.42. The number of rotatable bonds is 6. The zero-order valence-corrected chi connectivity index (χ0v) is 17.0. The van der Waals surface area contributed by atoms with Gasteiger partial charge in [-0.05, 0) is 33.3 Å². The summed E-state index contributed by atoms with van der Waals surface area (Å²) < 4.78 is 10.2. The molecule has 0 atom stereocenters. The van der Waals surface area contributed by atoms with Gasteiger partial charge in [0.25, 0.3) is 0 Å². The third-order valence-corrected chi connectivity index (χ3v) is 5.55. The standard InChI is InChI=1S/C21H21NO5S/c1-5-26-20(24)16-15(17(23)13-9-7-11(3)8-10-13)14-12(4)18(21(25)27-6-2)28-19(14)22-16/h7-10,22H,5-6H2,1-4H3.